The lowest BCUT2D eigenvalue weighted by molar-refractivity contribution is 0.0871. The number of alkyl halides is 1. The van der Waals surface area contributed by atoms with Crippen LogP contribution in [0.2, 0.25) is 0 Å². The Balaban J connectivity index is 1.93. The van der Waals surface area contributed by atoms with Crippen molar-refractivity contribution in [3.63, 3.8) is 0 Å². The van der Waals surface area contributed by atoms with Crippen molar-refractivity contribution in [3.05, 3.63) is 29.8 Å². The first-order valence-electron chi connectivity index (χ1n) is 5.90. The third-order valence-electron chi connectivity index (χ3n) is 3.84. The fourth-order valence-corrected chi connectivity index (χ4v) is 3.11. The minimum Gasteiger partial charge on any atom is -0.508 e. The maximum Gasteiger partial charge on any atom is 0.139 e. The molecule has 16 heavy (non-hydrogen) atoms. The quantitative estimate of drug-likeness (QED) is 0.763. The van der Waals surface area contributed by atoms with Crippen LogP contribution in [0, 0.1) is 0 Å². The number of aromatic hydroxyl groups is 1. The van der Waals surface area contributed by atoms with Gasteiger partial charge in [0.2, 0.25) is 0 Å². The number of halogens is 1. The van der Waals surface area contributed by atoms with Crippen LogP contribution >= 0.6 is 0 Å². The molecule has 2 bridgehead atoms. The molecule has 3 heteroatoms. The third-order valence-corrected chi connectivity index (χ3v) is 3.84. The lowest BCUT2D eigenvalue weighted by Crippen LogP contribution is -2.44. The Morgan fingerprint density at radius 1 is 1.25 bits per heavy atom. The standard InChI is InChI=1S/C13H16FNO/c14-13(9-2-1-3-12(16)6-9)7-10-4-5-11(8-13)15-10/h1-3,6,10-11,15-16H,4-5,7-8H2. The van der Waals surface area contributed by atoms with E-state index in [4.69, 9.17) is 0 Å². The summed E-state index contributed by atoms with van der Waals surface area (Å²) < 4.78 is 14.9. The Labute approximate surface area is 94.5 Å². The van der Waals surface area contributed by atoms with E-state index in [0.29, 0.717) is 30.5 Å². The van der Waals surface area contributed by atoms with Gasteiger partial charge in [-0.05, 0) is 30.5 Å². The van der Waals surface area contributed by atoms with Crippen LogP contribution in [0.15, 0.2) is 24.3 Å². The van der Waals surface area contributed by atoms with Gasteiger partial charge >= 0.3 is 0 Å². The molecule has 0 aromatic heterocycles. The minimum atomic E-state index is -1.25. The molecular weight excluding hydrogens is 205 g/mol. The second-order valence-corrected chi connectivity index (χ2v) is 5.06. The average Bonchev–Trinajstić information content (AvgIpc) is 2.59. The number of benzene rings is 1. The minimum absolute atomic E-state index is 0.153. The Kier molecular flexibility index (Phi) is 2.18. The molecule has 3 rings (SSSR count). The van der Waals surface area contributed by atoms with Crippen LogP contribution in [-0.2, 0) is 5.67 Å². The molecule has 0 saturated carbocycles. The van der Waals surface area contributed by atoms with E-state index in [9.17, 15) is 9.50 Å². The van der Waals surface area contributed by atoms with Gasteiger partial charge in [-0.3, -0.25) is 0 Å². The number of piperidine rings is 1. The molecule has 1 aromatic rings. The van der Waals surface area contributed by atoms with Gasteiger partial charge in [0.1, 0.15) is 11.4 Å². The molecule has 0 radical (unpaired) electrons. The number of hydrogen-bond acceptors (Lipinski definition) is 2. The molecule has 86 valence electrons. The highest BCUT2D eigenvalue weighted by molar-refractivity contribution is 5.32. The maximum atomic E-state index is 14.9. The molecule has 2 saturated heterocycles. The van der Waals surface area contributed by atoms with Crippen LogP contribution in [0.1, 0.15) is 31.2 Å². The van der Waals surface area contributed by atoms with E-state index in [1.54, 1.807) is 24.3 Å². The zero-order valence-electron chi connectivity index (χ0n) is 9.12. The van der Waals surface area contributed by atoms with Crippen molar-refractivity contribution in [1.82, 2.24) is 5.32 Å². The molecule has 2 aliphatic rings. The predicted molar refractivity (Wildman–Crippen MR) is 60.1 cm³/mol. The van der Waals surface area contributed by atoms with Gasteiger partial charge in [0, 0.05) is 24.9 Å². The van der Waals surface area contributed by atoms with E-state index >= 15 is 0 Å². The first-order chi connectivity index (χ1) is 7.66. The van der Waals surface area contributed by atoms with E-state index in [2.05, 4.69) is 5.32 Å². The van der Waals surface area contributed by atoms with Crippen LogP contribution in [0.5, 0.6) is 5.75 Å². The van der Waals surface area contributed by atoms with Crippen LogP contribution in [0.4, 0.5) is 4.39 Å². The molecule has 1 aromatic carbocycles. The molecule has 2 atom stereocenters. The van der Waals surface area contributed by atoms with Crippen LogP contribution < -0.4 is 5.32 Å². The largest absolute Gasteiger partial charge is 0.508 e. The zero-order valence-corrected chi connectivity index (χ0v) is 9.12. The lowest BCUT2D eigenvalue weighted by atomic mass is 9.83. The molecule has 2 N–H and O–H groups in total. The first-order valence-corrected chi connectivity index (χ1v) is 5.90. The molecular formula is C13H16FNO. The van der Waals surface area contributed by atoms with E-state index in [-0.39, 0.29) is 5.75 Å². The number of nitrogens with one attached hydrogen (secondary N) is 1. The summed E-state index contributed by atoms with van der Waals surface area (Å²) in [7, 11) is 0. The molecule has 0 aliphatic carbocycles. The van der Waals surface area contributed by atoms with Gasteiger partial charge < -0.3 is 10.4 Å². The monoisotopic (exact) mass is 221 g/mol. The molecule has 2 nitrogen and oxygen atoms in total. The van der Waals surface area contributed by atoms with Crippen molar-refractivity contribution in [3.8, 4) is 5.75 Å². The molecule has 2 unspecified atom stereocenters. The van der Waals surface area contributed by atoms with Crippen LogP contribution in [-0.4, -0.2) is 17.2 Å². The van der Waals surface area contributed by atoms with Gasteiger partial charge in [-0.25, -0.2) is 4.39 Å². The molecule has 2 fully saturated rings. The summed E-state index contributed by atoms with van der Waals surface area (Å²) in [6, 6.07) is 7.27. The highest BCUT2D eigenvalue weighted by Gasteiger charge is 2.45. The summed E-state index contributed by atoms with van der Waals surface area (Å²) in [6.07, 6.45) is 3.23. The summed E-state index contributed by atoms with van der Waals surface area (Å²) in [4.78, 5) is 0. The number of fused-ring (bicyclic) bond motifs is 2. The highest BCUT2D eigenvalue weighted by Crippen LogP contribution is 2.44. The van der Waals surface area contributed by atoms with Crippen LogP contribution in [0.3, 0.4) is 0 Å². The van der Waals surface area contributed by atoms with Crippen molar-refractivity contribution in [2.75, 3.05) is 0 Å². The fraction of sp³-hybridized carbons (Fsp3) is 0.538. The third kappa shape index (κ3) is 1.59. The molecule has 2 aliphatic heterocycles. The van der Waals surface area contributed by atoms with Gasteiger partial charge in [-0.2, -0.15) is 0 Å². The number of phenolic OH excluding ortho intramolecular Hbond substituents is 1. The summed E-state index contributed by atoms with van der Waals surface area (Å²) in [5, 5.41) is 12.9. The van der Waals surface area contributed by atoms with Gasteiger partial charge in [0.15, 0.2) is 0 Å². The van der Waals surface area contributed by atoms with Crippen molar-refractivity contribution in [2.24, 2.45) is 0 Å². The van der Waals surface area contributed by atoms with Gasteiger partial charge in [-0.15, -0.1) is 0 Å². The second-order valence-electron chi connectivity index (χ2n) is 5.06. The van der Waals surface area contributed by atoms with E-state index < -0.39 is 5.67 Å². The first kappa shape index (κ1) is 10.1. The van der Waals surface area contributed by atoms with Crippen LogP contribution in [0.25, 0.3) is 0 Å². The van der Waals surface area contributed by atoms with Gasteiger partial charge in [-0.1, -0.05) is 12.1 Å². The number of phenols is 1. The second kappa shape index (κ2) is 3.45. The molecule has 0 amide bonds. The van der Waals surface area contributed by atoms with Crippen molar-refractivity contribution in [1.29, 1.82) is 0 Å². The lowest BCUT2D eigenvalue weighted by Gasteiger charge is -2.35. The van der Waals surface area contributed by atoms with Gasteiger partial charge in [0.25, 0.3) is 0 Å². The van der Waals surface area contributed by atoms with E-state index in [1.807, 2.05) is 0 Å². The van der Waals surface area contributed by atoms with E-state index in [0.717, 1.165) is 12.8 Å². The number of hydrogen-bond donors (Lipinski definition) is 2. The predicted octanol–water partition coefficient (Wildman–Crippen LogP) is 2.47. The summed E-state index contributed by atoms with van der Waals surface area (Å²) in [5.74, 6) is 0.153. The van der Waals surface area contributed by atoms with Gasteiger partial charge in [0.05, 0.1) is 0 Å². The summed E-state index contributed by atoms with van der Waals surface area (Å²) in [5.41, 5.74) is -0.624. The highest BCUT2D eigenvalue weighted by atomic mass is 19.1. The topological polar surface area (TPSA) is 32.3 Å². The van der Waals surface area contributed by atoms with E-state index in [1.165, 1.54) is 0 Å². The summed E-state index contributed by atoms with van der Waals surface area (Å²) in [6.45, 7) is 0. The van der Waals surface area contributed by atoms with Crippen molar-refractivity contribution >= 4 is 0 Å². The average molecular weight is 221 g/mol. The van der Waals surface area contributed by atoms with Crippen molar-refractivity contribution in [2.45, 2.75) is 43.4 Å². The Morgan fingerprint density at radius 3 is 2.56 bits per heavy atom. The zero-order chi connectivity index (χ0) is 11.2. The maximum absolute atomic E-state index is 14.9. The fourth-order valence-electron chi connectivity index (χ4n) is 3.11. The van der Waals surface area contributed by atoms with Crippen molar-refractivity contribution < 1.29 is 9.50 Å². The Bertz CT molecular complexity index is 395. The Hall–Kier alpha value is -1.09. The summed E-state index contributed by atoms with van der Waals surface area (Å²) >= 11 is 0. The normalized spacial score (nSPS) is 37.6. The SMILES string of the molecule is Oc1cccc(C2(F)CC3CCC(C2)N3)c1. The number of rotatable bonds is 1. The Morgan fingerprint density at radius 2 is 1.94 bits per heavy atom. The molecule has 2 heterocycles. The smallest absolute Gasteiger partial charge is 0.139 e. The molecule has 0 spiro atoms.